The highest BCUT2D eigenvalue weighted by atomic mass is 19.4. The van der Waals surface area contributed by atoms with Gasteiger partial charge in [0.05, 0.1) is 5.56 Å². The van der Waals surface area contributed by atoms with Crippen molar-refractivity contribution >= 4 is 0 Å². The molecule has 1 aromatic heterocycles. The SMILES string of the molecule is CNCc1ccc(-c2noc(-c3ccc(-c4ccccc4C)c(C(F)(F)F)c3)n2)cc1F. The van der Waals surface area contributed by atoms with E-state index < -0.39 is 17.6 Å². The molecule has 0 fully saturated rings. The second kappa shape index (κ2) is 8.55. The highest BCUT2D eigenvalue weighted by Crippen LogP contribution is 2.40. The lowest BCUT2D eigenvalue weighted by Crippen LogP contribution is -2.08. The van der Waals surface area contributed by atoms with Crippen LogP contribution < -0.4 is 5.32 Å². The third kappa shape index (κ3) is 4.27. The number of hydrogen-bond donors (Lipinski definition) is 1. The van der Waals surface area contributed by atoms with Crippen LogP contribution in [0.4, 0.5) is 17.6 Å². The molecule has 0 aliphatic heterocycles. The average Bonchev–Trinajstić information content (AvgIpc) is 3.25. The molecule has 4 rings (SSSR count). The minimum Gasteiger partial charge on any atom is -0.334 e. The van der Waals surface area contributed by atoms with Crippen LogP contribution in [0.1, 0.15) is 16.7 Å². The Bertz CT molecular complexity index is 1260. The van der Waals surface area contributed by atoms with Gasteiger partial charge in [-0.15, -0.1) is 0 Å². The second-order valence-corrected chi connectivity index (χ2v) is 7.33. The van der Waals surface area contributed by atoms with Gasteiger partial charge in [-0.2, -0.15) is 18.2 Å². The van der Waals surface area contributed by atoms with E-state index in [0.29, 0.717) is 23.2 Å². The van der Waals surface area contributed by atoms with Crippen LogP contribution in [0.3, 0.4) is 0 Å². The Kier molecular flexibility index (Phi) is 5.80. The quantitative estimate of drug-likeness (QED) is 0.372. The summed E-state index contributed by atoms with van der Waals surface area (Å²) >= 11 is 0. The van der Waals surface area contributed by atoms with Crippen LogP contribution in [-0.4, -0.2) is 17.2 Å². The lowest BCUT2D eigenvalue weighted by Gasteiger charge is -2.15. The molecule has 4 nitrogen and oxygen atoms in total. The molecule has 0 radical (unpaired) electrons. The summed E-state index contributed by atoms with van der Waals surface area (Å²) in [6, 6.07) is 15.3. The first kappa shape index (κ1) is 21.7. The molecule has 0 aliphatic rings. The standard InChI is InChI=1S/C24H19F4N3O/c1-14-5-3-4-6-18(14)19-10-9-16(11-20(19)24(26,27)28)23-30-22(31-32-23)15-7-8-17(13-29-2)21(25)12-15/h3-12,29H,13H2,1-2H3. The molecule has 8 heteroatoms. The number of aromatic nitrogens is 2. The maximum atomic E-state index is 14.2. The minimum atomic E-state index is -4.58. The molecule has 0 saturated heterocycles. The molecule has 3 aromatic carbocycles. The summed E-state index contributed by atoms with van der Waals surface area (Å²) in [5, 5.41) is 6.68. The van der Waals surface area contributed by atoms with Gasteiger partial charge < -0.3 is 9.84 Å². The van der Waals surface area contributed by atoms with Crippen molar-refractivity contribution in [2.24, 2.45) is 0 Å². The lowest BCUT2D eigenvalue weighted by atomic mass is 9.94. The van der Waals surface area contributed by atoms with Crippen molar-refractivity contribution in [3.63, 3.8) is 0 Å². The topological polar surface area (TPSA) is 51.0 Å². The summed E-state index contributed by atoms with van der Waals surface area (Å²) in [5.41, 5.74) is 1.46. The zero-order valence-electron chi connectivity index (χ0n) is 17.3. The van der Waals surface area contributed by atoms with E-state index in [9.17, 15) is 17.6 Å². The fraction of sp³-hybridized carbons (Fsp3) is 0.167. The molecule has 0 aliphatic carbocycles. The molecule has 32 heavy (non-hydrogen) atoms. The van der Waals surface area contributed by atoms with Crippen LogP contribution in [0.5, 0.6) is 0 Å². The summed E-state index contributed by atoms with van der Waals surface area (Å²) in [4.78, 5) is 4.18. The number of benzene rings is 3. The van der Waals surface area contributed by atoms with Gasteiger partial charge in [0, 0.05) is 23.2 Å². The Morgan fingerprint density at radius 3 is 2.38 bits per heavy atom. The van der Waals surface area contributed by atoms with Crippen molar-refractivity contribution in [1.29, 1.82) is 0 Å². The average molecular weight is 441 g/mol. The van der Waals surface area contributed by atoms with E-state index in [0.717, 1.165) is 11.6 Å². The molecule has 1 N–H and O–H groups in total. The summed E-state index contributed by atoms with van der Waals surface area (Å²) in [5.74, 6) is -0.432. The molecule has 1 heterocycles. The van der Waals surface area contributed by atoms with Crippen LogP contribution in [0.25, 0.3) is 34.0 Å². The van der Waals surface area contributed by atoms with Gasteiger partial charge in [-0.3, -0.25) is 0 Å². The van der Waals surface area contributed by atoms with Gasteiger partial charge in [-0.1, -0.05) is 47.6 Å². The zero-order chi connectivity index (χ0) is 22.9. The van der Waals surface area contributed by atoms with Crippen molar-refractivity contribution in [2.45, 2.75) is 19.6 Å². The van der Waals surface area contributed by atoms with Gasteiger partial charge in [-0.25, -0.2) is 4.39 Å². The smallest absolute Gasteiger partial charge is 0.334 e. The summed E-state index contributed by atoms with van der Waals surface area (Å²) in [6.07, 6.45) is -4.58. The Morgan fingerprint density at radius 1 is 0.938 bits per heavy atom. The molecule has 0 spiro atoms. The fourth-order valence-electron chi connectivity index (χ4n) is 3.50. The van der Waals surface area contributed by atoms with Crippen LogP contribution in [-0.2, 0) is 12.7 Å². The Morgan fingerprint density at radius 2 is 1.69 bits per heavy atom. The van der Waals surface area contributed by atoms with Gasteiger partial charge in [0.15, 0.2) is 0 Å². The van der Waals surface area contributed by atoms with Crippen LogP contribution in [0.2, 0.25) is 0 Å². The van der Waals surface area contributed by atoms with Gasteiger partial charge >= 0.3 is 6.18 Å². The molecule has 0 amide bonds. The van der Waals surface area contributed by atoms with Crippen LogP contribution in [0, 0.1) is 12.7 Å². The first-order chi connectivity index (χ1) is 15.3. The lowest BCUT2D eigenvalue weighted by molar-refractivity contribution is -0.137. The predicted octanol–water partition coefficient (Wildman–Crippen LogP) is 6.26. The first-order valence-corrected chi connectivity index (χ1v) is 9.82. The van der Waals surface area contributed by atoms with E-state index in [1.165, 1.54) is 18.2 Å². The van der Waals surface area contributed by atoms with E-state index in [1.54, 1.807) is 50.4 Å². The number of nitrogens with one attached hydrogen (secondary N) is 1. The molecule has 0 unspecified atom stereocenters. The van der Waals surface area contributed by atoms with E-state index in [4.69, 9.17) is 4.52 Å². The molecule has 0 atom stereocenters. The Hall–Kier alpha value is -3.52. The molecule has 4 aromatic rings. The van der Waals surface area contributed by atoms with Gasteiger partial charge in [0.1, 0.15) is 5.82 Å². The highest BCUT2D eigenvalue weighted by molar-refractivity contribution is 5.74. The van der Waals surface area contributed by atoms with E-state index in [-0.39, 0.29) is 22.8 Å². The van der Waals surface area contributed by atoms with Crippen molar-refractivity contribution in [2.75, 3.05) is 7.05 Å². The third-order valence-electron chi connectivity index (χ3n) is 5.11. The number of halogens is 4. The largest absolute Gasteiger partial charge is 0.417 e. The molecular weight excluding hydrogens is 422 g/mol. The van der Waals surface area contributed by atoms with Crippen molar-refractivity contribution in [1.82, 2.24) is 15.5 Å². The molecule has 0 saturated carbocycles. The number of nitrogens with zero attached hydrogens (tertiary/aromatic N) is 2. The van der Waals surface area contributed by atoms with E-state index in [1.807, 2.05) is 0 Å². The van der Waals surface area contributed by atoms with Crippen molar-refractivity contribution < 1.29 is 22.1 Å². The molecule has 164 valence electrons. The second-order valence-electron chi connectivity index (χ2n) is 7.33. The highest BCUT2D eigenvalue weighted by Gasteiger charge is 2.34. The van der Waals surface area contributed by atoms with Crippen LogP contribution >= 0.6 is 0 Å². The first-order valence-electron chi connectivity index (χ1n) is 9.82. The molecule has 0 bridgehead atoms. The van der Waals surface area contributed by atoms with Gasteiger partial charge in [-0.05, 0) is 48.9 Å². The maximum Gasteiger partial charge on any atom is 0.417 e. The fourth-order valence-corrected chi connectivity index (χ4v) is 3.50. The number of alkyl halides is 3. The third-order valence-corrected chi connectivity index (χ3v) is 5.11. The van der Waals surface area contributed by atoms with Crippen LogP contribution in [0.15, 0.2) is 65.2 Å². The van der Waals surface area contributed by atoms with Crippen molar-refractivity contribution in [3.8, 4) is 34.0 Å². The summed E-state index contributed by atoms with van der Waals surface area (Å²) in [6.45, 7) is 2.12. The predicted molar refractivity (Wildman–Crippen MR) is 113 cm³/mol. The van der Waals surface area contributed by atoms with E-state index >= 15 is 0 Å². The number of hydrogen-bond acceptors (Lipinski definition) is 4. The number of rotatable bonds is 5. The molecular formula is C24H19F4N3O. The summed E-state index contributed by atoms with van der Waals surface area (Å²) < 4.78 is 61.0. The van der Waals surface area contributed by atoms with Gasteiger partial charge in [0.2, 0.25) is 5.82 Å². The normalized spacial score (nSPS) is 11.7. The minimum absolute atomic E-state index is 0.0706. The summed E-state index contributed by atoms with van der Waals surface area (Å²) in [7, 11) is 1.71. The monoisotopic (exact) mass is 441 g/mol. The number of aryl methyl sites for hydroxylation is 1. The Balaban J connectivity index is 1.73. The van der Waals surface area contributed by atoms with Gasteiger partial charge in [0.25, 0.3) is 5.89 Å². The van der Waals surface area contributed by atoms with E-state index in [2.05, 4.69) is 15.5 Å². The maximum absolute atomic E-state index is 14.2. The Labute approximate surface area is 181 Å². The van der Waals surface area contributed by atoms with Crippen molar-refractivity contribution in [3.05, 3.63) is 83.2 Å². The zero-order valence-corrected chi connectivity index (χ0v) is 17.3.